The molecule has 0 saturated heterocycles. The second-order valence-electron chi connectivity index (χ2n) is 5.15. The van der Waals surface area contributed by atoms with Gasteiger partial charge in [-0.2, -0.15) is 5.10 Å². The van der Waals surface area contributed by atoms with Crippen LogP contribution in [-0.4, -0.2) is 10.2 Å². The normalized spacial score (nSPS) is 16.7. The summed E-state index contributed by atoms with van der Waals surface area (Å²) in [6.45, 7) is 3.07. The SMILES string of the molecule is CC(NCc1cccc(C2CC2)c1)c1cn[nH]c1. The van der Waals surface area contributed by atoms with Crippen LogP contribution < -0.4 is 5.32 Å². The van der Waals surface area contributed by atoms with E-state index in [-0.39, 0.29) is 0 Å². The summed E-state index contributed by atoms with van der Waals surface area (Å²) in [5, 5.41) is 10.4. The monoisotopic (exact) mass is 241 g/mol. The fourth-order valence-corrected chi connectivity index (χ4v) is 2.26. The van der Waals surface area contributed by atoms with Gasteiger partial charge in [0.25, 0.3) is 0 Å². The molecule has 3 rings (SSSR count). The summed E-state index contributed by atoms with van der Waals surface area (Å²) in [4.78, 5) is 0. The molecule has 1 aliphatic carbocycles. The zero-order valence-electron chi connectivity index (χ0n) is 10.7. The van der Waals surface area contributed by atoms with Crippen molar-refractivity contribution in [1.82, 2.24) is 15.5 Å². The third-order valence-electron chi connectivity index (χ3n) is 3.63. The predicted octanol–water partition coefficient (Wildman–Crippen LogP) is 3.14. The van der Waals surface area contributed by atoms with E-state index in [0.29, 0.717) is 6.04 Å². The molecule has 1 unspecified atom stereocenters. The van der Waals surface area contributed by atoms with E-state index >= 15 is 0 Å². The van der Waals surface area contributed by atoms with Gasteiger partial charge in [-0.3, -0.25) is 5.10 Å². The first-order valence-corrected chi connectivity index (χ1v) is 6.64. The van der Waals surface area contributed by atoms with Crippen molar-refractivity contribution in [3.05, 3.63) is 53.3 Å². The molecular formula is C15H19N3. The Labute approximate surface area is 108 Å². The van der Waals surface area contributed by atoms with Gasteiger partial charge in [0.05, 0.1) is 6.20 Å². The molecule has 1 aliphatic rings. The Kier molecular flexibility index (Phi) is 3.15. The fraction of sp³-hybridized carbons (Fsp3) is 0.400. The molecule has 2 aromatic rings. The molecular weight excluding hydrogens is 222 g/mol. The van der Waals surface area contributed by atoms with Gasteiger partial charge in [0.15, 0.2) is 0 Å². The van der Waals surface area contributed by atoms with Crippen molar-refractivity contribution in [3.63, 3.8) is 0 Å². The maximum atomic E-state index is 3.98. The summed E-state index contributed by atoms with van der Waals surface area (Å²) < 4.78 is 0. The second-order valence-corrected chi connectivity index (χ2v) is 5.15. The van der Waals surface area contributed by atoms with Crippen LogP contribution in [0.25, 0.3) is 0 Å². The van der Waals surface area contributed by atoms with Crippen LogP contribution in [0.15, 0.2) is 36.7 Å². The maximum absolute atomic E-state index is 3.98. The second kappa shape index (κ2) is 4.94. The minimum absolute atomic E-state index is 0.327. The van der Waals surface area contributed by atoms with Gasteiger partial charge < -0.3 is 5.32 Å². The van der Waals surface area contributed by atoms with Crippen LogP contribution in [0.1, 0.15) is 48.4 Å². The Hall–Kier alpha value is -1.61. The summed E-state index contributed by atoms with van der Waals surface area (Å²) >= 11 is 0. The highest BCUT2D eigenvalue weighted by Crippen LogP contribution is 2.40. The summed E-state index contributed by atoms with van der Waals surface area (Å²) in [5.74, 6) is 0.830. The first kappa shape index (κ1) is 11.5. The van der Waals surface area contributed by atoms with Crippen LogP contribution in [0.5, 0.6) is 0 Å². The molecule has 1 heterocycles. The minimum atomic E-state index is 0.327. The van der Waals surface area contributed by atoms with Gasteiger partial charge in [-0.05, 0) is 36.8 Å². The van der Waals surface area contributed by atoms with Gasteiger partial charge >= 0.3 is 0 Å². The quantitative estimate of drug-likeness (QED) is 0.844. The van der Waals surface area contributed by atoms with Crippen LogP contribution in [0.3, 0.4) is 0 Å². The average molecular weight is 241 g/mol. The summed E-state index contributed by atoms with van der Waals surface area (Å²) in [7, 11) is 0. The zero-order chi connectivity index (χ0) is 12.4. The number of hydrogen-bond donors (Lipinski definition) is 2. The van der Waals surface area contributed by atoms with Gasteiger partial charge in [0.2, 0.25) is 0 Å². The first-order valence-electron chi connectivity index (χ1n) is 6.64. The molecule has 1 fully saturated rings. The smallest absolute Gasteiger partial charge is 0.0534 e. The molecule has 0 aliphatic heterocycles. The number of nitrogens with one attached hydrogen (secondary N) is 2. The molecule has 0 bridgehead atoms. The van der Waals surface area contributed by atoms with Crippen molar-refractivity contribution in [2.45, 2.75) is 38.3 Å². The van der Waals surface area contributed by atoms with Crippen LogP contribution in [-0.2, 0) is 6.54 Å². The topological polar surface area (TPSA) is 40.7 Å². The van der Waals surface area contributed by atoms with Crippen LogP contribution in [0.4, 0.5) is 0 Å². The number of H-pyrrole nitrogens is 1. The number of aromatic amines is 1. The third kappa shape index (κ3) is 2.62. The summed E-state index contributed by atoms with van der Waals surface area (Å²) in [6, 6.07) is 9.29. The van der Waals surface area contributed by atoms with E-state index in [0.717, 1.165) is 12.5 Å². The largest absolute Gasteiger partial charge is 0.306 e. The van der Waals surface area contributed by atoms with Crippen molar-refractivity contribution in [2.24, 2.45) is 0 Å². The highest BCUT2D eigenvalue weighted by Gasteiger charge is 2.23. The van der Waals surface area contributed by atoms with Crippen molar-refractivity contribution < 1.29 is 0 Å². The van der Waals surface area contributed by atoms with Gasteiger partial charge in [-0.15, -0.1) is 0 Å². The molecule has 1 saturated carbocycles. The van der Waals surface area contributed by atoms with Crippen molar-refractivity contribution >= 4 is 0 Å². The third-order valence-corrected chi connectivity index (χ3v) is 3.63. The van der Waals surface area contributed by atoms with E-state index in [1.54, 1.807) is 0 Å². The van der Waals surface area contributed by atoms with Gasteiger partial charge in [-0.1, -0.05) is 24.3 Å². The standard InChI is InChI=1S/C15H19N3/c1-11(15-9-17-18-10-15)16-8-12-3-2-4-14(7-12)13-5-6-13/h2-4,7,9-11,13,16H,5-6,8H2,1H3,(H,17,18). The Bertz CT molecular complexity index is 500. The molecule has 2 N–H and O–H groups in total. The minimum Gasteiger partial charge on any atom is -0.306 e. The summed E-state index contributed by atoms with van der Waals surface area (Å²) in [5.41, 5.74) is 4.08. The van der Waals surface area contributed by atoms with Crippen molar-refractivity contribution in [2.75, 3.05) is 0 Å². The number of rotatable bonds is 5. The molecule has 94 valence electrons. The number of nitrogens with zero attached hydrogens (tertiary/aromatic N) is 1. The Morgan fingerprint density at radius 1 is 1.44 bits per heavy atom. The molecule has 1 aromatic heterocycles. The molecule has 0 radical (unpaired) electrons. The van der Waals surface area contributed by atoms with Crippen LogP contribution in [0.2, 0.25) is 0 Å². The van der Waals surface area contributed by atoms with E-state index in [1.807, 2.05) is 12.4 Å². The number of hydrogen-bond acceptors (Lipinski definition) is 2. The van der Waals surface area contributed by atoms with Crippen molar-refractivity contribution in [3.8, 4) is 0 Å². The van der Waals surface area contributed by atoms with Crippen molar-refractivity contribution in [1.29, 1.82) is 0 Å². The predicted molar refractivity (Wildman–Crippen MR) is 72.3 cm³/mol. The molecule has 3 heteroatoms. The van der Waals surface area contributed by atoms with E-state index in [9.17, 15) is 0 Å². The van der Waals surface area contributed by atoms with Gasteiger partial charge in [-0.25, -0.2) is 0 Å². The number of benzene rings is 1. The molecule has 0 amide bonds. The lowest BCUT2D eigenvalue weighted by atomic mass is 10.1. The maximum Gasteiger partial charge on any atom is 0.0534 e. The van der Waals surface area contributed by atoms with E-state index in [4.69, 9.17) is 0 Å². The van der Waals surface area contributed by atoms with E-state index in [1.165, 1.54) is 29.5 Å². The van der Waals surface area contributed by atoms with Gasteiger partial charge in [0, 0.05) is 24.3 Å². The fourth-order valence-electron chi connectivity index (χ4n) is 2.26. The Balaban J connectivity index is 1.60. The number of aromatic nitrogens is 2. The molecule has 1 aromatic carbocycles. The Morgan fingerprint density at radius 2 is 2.33 bits per heavy atom. The van der Waals surface area contributed by atoms with Crippen LogP contribution >= 0.6 is 0 Å². The molecule has 0 spiro atoms. The van der Waals surface area contributed by atoms with E-state index < -0.39 is 0 Å². The highest BCUT2D eigenvalue weighted by molar-refractivity contribution is 5.29. The lowest BCUT2D eigenvalue weighted by molar-refractivity contribution is 0.574. The molecule has 18 heavy (non-hydrogen) atoms. The van der Waals surface area contributed by atoms with Gasteiger partial charge in [0.1, 0.15) is 0 Å². The first-order chi connectivity index (χ1) is 8.83. The average Bonchev–Trinajstić information content (AvgIpc) is 3.11. The summed E-state index contributed by atoms with van der Waals surface area (Å²) in [6.07, 6.45) is 6.54. The van der Waals surface area contributed by atoms with E-state index in [2.05, 4.69) is 46.7 Å². The lowest BCUT2D eigenvalue weighted by Crippen LogP contribution is -2.17. The molecule has 3 nitrogen and oxygen atoms in total. The Morgan fingerprint density at radius 3 is 3.06 bits per heavy atom. The zero-order valence-corrected chi connectivity index (χ0v) is 10.7. The lowest BCUT2D eigenvalue weighted by Gasteiger charge is -2.12. The molecule has 1 atom stereocenters. The van der Waals surface area contributed by atoms with Crippen LogP contribution in [0, 0.1) is 0 Å². The highest BCUT2D eigenvalue weighted by atomic mass is 15.1.